The van der Waals surface area contributed by atoms with Gasteiger partial charge in [-0.3, -0.25) is 15.2 Å². The fraction of sp³-hybridized carbons (Fsp3) is 0.143. The van der Waals surface area contributed by atoms with E-state index in [9.17, 15) is 15.4 Å². The maximum Gasteiger partial charge on any atom is 0.269 e. The van der Waals surface area contributed by atoms with Gasteiger partial charge >= 0.3 is 0 Å². The molecule has 9 heteroatoms. The average Bonchev–Trinajstić information content (AvgIpc) is 3.12. The average molecular weight is 403 g/mol. The minimum absolute atomic E-state index is 0.0191. The van der Waals surface area contributed by atoms with Gasteiger partial charge < -0.3 is 15.2 Å². The molecule has 4 rings (SSSR count). The first kappa shape index (κ1) is 19.0. The number of nitrogens with zero attached hydrogens (tertiary/aromatic N) is 3. The van der Waals surface area contributed by atoms with Gasteiger partial charge in [-0.2, -0.15) is 5.26 Å². The van der Waals surface area contributed by atoms with Crippen molar-refractivity contribution >= 4 is 5.69 Å². The highest BCUT2D eigenvalue weighted by atomic mass is 16.6. The summed E-state index contributed by atoms with van der Waals surface area (Å²) >= 11 is 0. The van der Waals surface area contributed by atoms with Crippen molar-refractivity contribution < 1.29 is 14.4 Å². The summed E-state index contributed by atoms with van der Waals surface area (Å²) in [5.41, 5.74) is 9.36. The van der Waals surface area contributed by atoms with E-state index in [1.807, 2.05) is 19.1 Å². The Morgan fingerprint density at radius 3 is 2.80 bits per heavy atom. The van der Waals surface area contributed by atoms with E-state index >= 15 is 0 Å². The first-order chi connectivity index (χ1) is 14.5. The first-order valence-electron chi connectivity index (χ1n) is 9.06. The Kier molecular flexibility index (Phi) is 4.82. The summed E-state index contributed by atoms with van der Waals surface area (Å²) in [4.78, 5) is 10.5. The number of allylic oxidation sites excluding steroid dienone is 1. The van der Waals surface area contributed by atoms with Crippen LogP contribution in [0.15, 0.2) is 60.0 Å². The van der Waals surface area contributed by atoms with Crippen LogP contribution in [0.5, 0.6) is 11.6 Å². The van der Waals surface area contributed by atoms with Gasteiger partial charge in [-0.1, -0.05) is 24.3 Å². The molecule has 0 saturated carbocycles. The second kappa shape index (κ2) is 7.60. The number of nitro groups is 1. The van der Waals surface area contributed by atoms with Crippen molar-refractivity contribution in [1.82, 2.24) is 10.2 Å². The van der Waals surface area contributed by atoms with E-state index in [-0.39, 0.29) is 18.2 Å². The largest absolute Gasteiger partial charge is 0.489 e. The van der Waals surface area contributed by atoms with Gasteiger partial charge in [0, 0.05) is 23.4 Å². The number of ether oxygens (including phenoxy) is 2. The zero-order chi connectivity index (χ0) is 21.3. The highest BCUT2D eigenvalue weighted by molar-refractivity contribution is 5.55. The summed E-state index contributed by atoms with van der Waals surface area (Å²) in [6.07, 6.45) is 0. The van der Waals surface area contributed by atoms with E-state index < -0.39 is 10.8 Å². The van der Waals surface area contributed by atoms with Crippen LogP contribution in [0.2, 0.25) is 0 Å². The summed E-state index contributed by atoms with van der Waals surface area (Å²) in [6, 6.07) is 15.7. The molecule has 1 aliphatic rings. The molecule has 0 bridgehead atoms. The monoisotopic (exact) mass is 403 g/mol. The molecular weight excluding hydrogens is 386 g/mol. The highest BCUT2D eigenvalue weighted by Gasteiger charge is 2.34. The third kappa shape index (κ3) is 3.42. The van der Waals surface area contributed by atoms with Gasteiger partial charge in [-0.15, -0.1) is 5.10 Å². The number of nitro benzene ring substituents is 1. The molecule has 2 aromatic carbocycles. The summed E-state index contributed by atoms with van der Waals surface area (Å²) in [5.74, 6) is 0.590. The molecule has 2 heterocycles. The topological polar surface area (TPSA) is 140 Å². The lowest BCUT2D eigenvalue weighted by atomic mass is 9.84. The number of H-pyrrole nitrogens is 1. The molecule has 3 aromatic rings. The number of hydrogen-bond acceptors (Lipinski definition) is 7. The fourth-order valence-corrected chi connectivity index (χ4v) is 3.41. The van der Waals surface area contributed by atoms with Crippen molar-refractivity contribution in [1.29, 1.82) is 5.26 Å². The quantitative estimate of drug-likeness (QED) is 0.491. The fourth-order valence-electron chi connectivity index (χ4n) is 3.41. The number of aryl methyl sites for hydroxylation is 1. The molecule has 1 aromatic heterocycles. The van der Waals surface area contributed by atoms with Crippen molar-refractivity contribution in [2.45, 2.75) is 19.4 Å². The van der Waals surface area contributed by atoms with E-state index in [1.54, 1.807) is 24.3 Å². The van der Waals surface area contributed by atoms with Crippen LogP contribution in [0.1, 0.15) is 28.3 Å². The Bertz CT molecular complexity index is 1190. The second-order valence-electron chi connectivity index (χ2n) is 6.78. The Hall–Kier alpha value is -4.32. The van der Waals surface area contributed by atoms with E-state index in [0.717, 1.165) is 16.8 Å². The number of nitrogens with one attached hydrogen (secondary N) is 1. The first-order valence-corrected chi connectivity index (χ1v) is 9.06. The maximum atomic E-state index is 10.9. The van der Waals surface area contributed by atoms with Gasteiger partial charge in [0.25, 0.3) is 5.69 Å². The van der Waals surface area contributed by atoms with E-state index in [2.05, 4.69) is 16.3 Å². The van der Waals surface area contributed by atoms with Crippen molar-refractivity contribution in [3.8, 4) is 17.7 Å². The van der Waals surface area contributed by atoms with Gasteiger partial charge in [0.1, 0.15) is 24.0 Å². The van der Waals surface area contributed by atoms with Gasteiger partial charge in [-0.05, 0) is 30.2 Å². The van der Waals surface area contributed by atoms with Gasteiger partial charge in [0.05, 0.1) is 10.8 Å². The minimum Gasteiger partial charge on any atom is -0.489 e. The number of non-ortho nitro benzene ring substituents is 1. The van der Waals surface area contributed by atoms with Gasteiger partial charge in [-0.25, -0.2) is 0 Å². The number of nitrogens with two attached hydrogens (primary N) is 1. The number of nitriles is 1. The van der Waals surface area contributed by atoms with Crippen molar-refractivity contribution in [2.75, 3.05) is 0 Å². The molecule has 0 unspecified atom stereocenters. The summed E-state index contributed by atoms with van der Waals surface area (Å²) in [7, 11) is 0. The Morgan fingerprint density at radius 2 is 2.10 bits per heavy atom. The SMILES string of the molecule is Cc1[nH]nc2c1[C@@H](c1ccc(OCc3cccc([N+](=O)[O-])c3)cc1)C(C#N)=C(N)O2. The summed E-state index contributed by atoms with van der Waals surface area (Å²) < 4.78 is 11.2. The number of aromatic nitrogens is 2. The molecule has 0 saturated heterocycles. The lowest BCUT2D eigenvalue weighted by Crippen LogP contribution is -2.21. The molecule has 9 nitrogen and oxygen atoms in total. The van der Waals surface area contributed by atoms with Gasteiger partial charge in [0.15, 0.2) is 0 Å². The lowest BCUT2D eigenvalue weighted by Gasteiger charge is -2.23. The van der Waals surface area contributed by atoms with E-state index in [0.29, 0.717) is 22.8 Å². The molecule has 0 radical (unpaired) electrons. The highest BCUT2D eigenvalue weighted by Crippen LogP contribution is 2.42. The standard InChI is InChI=1S/C21H17N5O4/c1-12-18-19(17(10-22)20(23)30-21(18)25-24-12)14-5-7-16(8-6-14)29-11-13-3-2-4-15(9-13)26(27)28/h2-9,19H,11,23H2,1H3,(H,24,25)/t19-/m0/s1. The Balaban J connectivity index is 1.56. The van der Waals surface area contributed by atoms with Crippen LogP contribution in [0.4, 0.5) is 5.69 Å². The van der Waals surface area contributed by atoms with Crippen LogP contribution in [-0.4, -0.2) is 15.1 Å². The summed E-state index contributed by atoms with van der Waals surface area (Å²) in [6.45, 7) is 2.05. The third-order valence-corrected chi connectivity index (χ3v) is 4.87. The van der Waals surface area contributed by atoms with Crippen LogP contribution in [0.3, 0.4) is 0 Å². The summed E-state index contributed by atoms with van der Waals surface area (Å²) in [5, 5.41) is 27.5. The predicted molar refractivity (Wildman–Crippen MR) is 106 cm³/mol. The molecule has 1 atom stereocenters. The molecule has 0 aliphatic carbocycles. The van der Waals surface area contributed by atoms with Crippen LogP contribution < -0.4 is 15.2 Å². The molecule has 0 amide bonds. The van der Waals surface area contributed by atoms with Crippen LogP contribution in [-0.2, 0) is 6.61 Å². The maximum absolute atomic E-state index is 10.9. The number of aromatic amines is 1. The zero-order valence-electron chi connectivity index (χ0n) is 16.0. The van der Waals surface area contributed by atoms with Gasteiger partial charge in [0.2, 0.25) is 11.8 Å². The van der Waals surface area contributed by atoms with Crippen molar-refractivity contribution in [3.05, 3.63) is 92.5 Å². The molecule has 150 valence electrons. The molecule has 1 aliphatic heterocycles. The normalized spacial score (nSPS) is 15.1. The number of fused-ring (bicyclic) bond motifs is 1. The number of hydrogen-bond donors (Lipinski definition) is 2. The minimum atomic E-state index is -0.440. The van der Waals surface area contributed by atoms with Crippen molar-refractivity contribution in [2.24, 2.45) is 5.73 Å². The molecule has 0 fully saturated rings. The Morgan fingerprint density at radius 1 is 1.33 bits per heavy atom. The van der Waals surface area contributed by atoms with Crippen LogP contribution >= 0.6 is 0 Å². The van der Waals surface area contributed by atoms with E-state index in [1.165, 1.54) is 12.1 Å². The molecule has 30 heavy (non-hydrogen) atoms. The molecular formula is C21H17N5O4. The molecule has 3 N–H and O–H groups in total. The third-order valence-electron chi connectivity index (χ3n) is 4.87. The number of benzene rings is 2. The van der Waals surface area contributed by atoms with Crippen LogP contribution in [0.25, 0.3) is 0 Å². The number of rotatable bonds is 5. The zero-order valence-corrected chi connectivity index (χ0v) is 16.0. The predicted octanol–water partition coefficient (Wildman–Crippen LogP) is 3.42. The smallest absolute Gasteiger partial charge is 0.269 e. The second-order valence-corrected chi connectivity index (χ2v) is 6.78. The molecule has 0 spiro atoms. The van der Waals surface area contributed by atoms with Crippen molar-refractivity contribution in [3.63, 3.8) is 0 Å². The lowest BCUT2D eigenvalue weighted by molar-refractivity contribution is -0.384. The Labute approximate surface area is 171 Å². The van der Waals surface area contributed by atoms with E-state index in [4.69, 9.17) is 15.2 Å². The van der Waals surface area contributed by atoms with Crippen LogP contribution in [0, 0.1) is 28.4 Å².